The number of carboxylic acid groups (broad SMARTS) is 1. The molecule has 68 heavy (non-hydrogen) atoms. The Labute approximate surface area is 399 Å². The number of carbonyl (C=O) groups is 11. The lowest BCUT2D eigenvalue weighted by atomic mass is 9.90. The second-order valence-corrected chi connectivity index (χ2v) is 18.8. The number of nitrogens with two attached hydrogens (primary N) is 3. The van der Waals surface area contributed by atoms with Crippen molar-refractivity contribution in [1.82, 2.24) is 26.2 Å². The molecule has 0 aromatic carbocycles. The van der Waals surface area contributed by atoms with E-state index in [2.05, 4.69) is 21.3 Å². The van der Waals surface area contributed by atoms with Gasteiger partial charge in [0.15, 0.2) is 23.1 Å². The third-order valence-electron chi connectivity index (χ3n) is 12.6. The summed E-state index contributed by atoms with van der Waals surface area (Å²) < 4.78 is 0. The van der Waals surface area contributed by atoms with Crippen LogP contribution < -0.4 is 38.5 Å². The number of primary amides is 1. The summed E-state index contributed by atoms with van der Waals surface area (Å²) in [5, 5.41) is 30.0. The number of aliphatic hydroxyl groups excluding tert-OH is 1. The smallest absolute Gasteiger partial charge is 0.306 e. The van der Waals surface area contributed by atoms with Gasteiger partial charge in [0.05, 0.1) is 42.7 Å². The second kappa shape index (κ2) is 31.2. The highest BCUT2D eigenvalue weighted by Gasteiger charge is 2.37. The largest absolute Gasteiger partial charge is 0.481 e. The minimum Gasteiger partial charge on any atom is -0.481 e. The van der Waals surface area contributed by atoms with Gasteiger partial charge in [-0.1, -0.05) is 26.7 Å². The van der Waals surface area contributed by atoms with Crippen LogP contribution in [0.25, 0.3) is 0 Å². The van der Waals surface area contributed by atoms with Gasteiger partial charge in [0.25, 0.3) is 0 Å². The lowest BCUT2D eigenvalue weighted by Gasteiger charge is -2.25. The first-order chi connectivity index (χ1) is 32.2. The molecule has 2 rings (SSSR count). The number of rotatable bonds is 36. The summed E-state index contributed by atoms with van der Waals surface area (Å²) >= 11 is 0. The zero-order valence-corrected chi connectivity index (χ0v) is 40.2. The molecule has 8 atom stereocenters. The molecule has 0 aromatic heterocycles. The van der Waals surface area contributed by atoms with Crippen molar-refractivity contribution in [3.63, 3.8) is 0 Å². The van der Waals surface area contributed by atoms with Gasteiger partial charge in [-0.3, -0.25) is 52.7 Å². The van der Waals surface area contributed by atoms with Crippen LogP contribution in [0.1, 0.15) is 143 Å². The standard InChI is InChI=1S/C47H78N8O13/c1-28(2)21-32(46(66)53-29(3)38(58)14-17-44(64)55-20-8-11-37(55)41(61)24-31(47(67)68)10-5-7-19-49)22-33(56)27-52-45(65)30(9-4-6-18-48)23-40(60)35(12-15-42(50)62)54-43(63)16-13-39(59)36-25-34(57)26-51-36/h28-32,34-37,51,57H,4-27,48-49H2,1-3H3,(H2,50,62)(H,52,65)(H,53,66)(H,54,63)(H,67,68)/t29-,30+,31+,32+,34+,35-,36-,37-/m0/s1. The van der Waals surface area contributed by atoms with E-state index in [0.717, 1.165) is 0 Å². The quantitative estimate of drug-likeness (QED) is 0.0370. The Morgan fingerprint density at radius 2 is 1.38 bits per heavy atom. The minimum absolute atomic E-state index is 0.0376. The summed E-state index contributed by atoms with van der Waals surface area (Å²) in [6, 6.07) is -3.56. The van der Waals surface area contributed by atoms with Crippen molar-refractivity contribution in [2.75, 3.05) is 32.7 Å². The van der Waals surface area contributed by atoms with Crippen LogP contribution >= 0.6 is 0 Å². The molecule has 2 saturated heterocycles. The maximum atomic E-state index is 13.6. The fourth-order valence-electron chi connectivity index (χ4n) is 8.64. The number of amides is 5. The third kappa shape index (κ3) is 22.0. The Morgan fingerprint density at radius 1 is 0.721 bits per heavy atom. The SMILES string of the molecule is CC(C)C[C@H](CC(=O)CNC(=O)[C@H](CCCCN)CC(=O)[C@H](CCC(N)=O)NC(=O)CCC(=O)[C@@H]1C[C@@H](O)CN1)C(=O)N[C@@H](C)C(=O)CCC(=O)N1CCC[C@H]1C(=O)C[C@@H](CCCCN)C(=O)O. The first-order valence-electron chi connectivity index (χ1n) is 24.3. The van der Waals surface area contributed by atoms with Crippen LogP contribution in [0.3, 0.4) is 0 Å². The van der Waals surface area contributed by atoms with Crippen LogP contribution in [-0.2, 0) is 52.7 Å². The number of nitrogens with zero attached hydrogens (tertiary/aromatic N) is 1. The number of unbranched alkanes of at least 4 members (excludes halogenated alkanes) is 2. The normalized spacial score (nSPS) is 19.0. The van der Waals surface area contributed by atoms with Crippen molar-refractivity contribution in [3.8, 4) is 0 Å². The Bertz CT molecular complexity index is 1760. The first kappa shape index (κ1) is 59.1. The van der Waals surface area contributed by atoms with Crippen molar-refractivity contribution in [2.45, 2.75) is 173 Å². The van der Waals surface area contributed by atoms with E-state index in [0.29, 0.717) is 64.6 Å². The number of aliphatic carboxylic acids is 1. The monoisotopic (exact) mass is 963 g/mol. The van der Waals surface area contributed by atoms with Crippen molar-refractivity contribution < 1.29 is 63.0 Å². The van der Waals surface area contributed by atoms with Crippen LogP contribution in [0.5, 0.6) is 0 Å². The lowest BCUT2D eigenvalue weighted by molar-refractivity contribution is -0.145. The molecule has 384 valence electrons. The van der Waals surface area contributed by atoms with E-state index in [4.69, 9.17) is 17.2 Å². The number of carbonyl (C=O) groups excluding carboxylic acids is 10. The molecule has 0 unspecified atom stereocenters. The Balaban J connectivity index is 1.99. The van der Waals surface area contributed by atoms with Crippen molar-refractivity contribution in [1.29, 1.82) is 0 Å². The topological polar surface area (TPSA) is 358 Å². The lowest BCUT2D eigenvalue weighted by Crippen LogP contribution is -2.45. The number of β-amino-alcohol motifs (C(OH)–C–C–N with tert-alkyl or cyclic N) is 1. The molecule has 2 fully saturated rings. The zero-order chi connectivity index (χ0) is 50.9. The van der Waals surface area contributed by atoms with Crippen LogP contribution in [-0.4, -0.2) is 143 Å². The highest BCUT2D eigenvalue weighted by molar-refractivity contribution is 5.97. The number of hydrogen-bond donors (Lipinski definition) is 9. The number of Topliss-reactive ketones (excluding diaryl/α,β-unsaturated/α-hetero) is 5. The van der Waals surface area contributed by atoms with Gasteiger partial charge in [-0.05, 0) is 83.7 Å². The third-order valence-corrected chi connectivity index (χ3v) is 12.6. The number of ketones is 5. The first-order valence-corrected chi connectivity index (χ1v) is 24.3. The van der Waals surface area contributed by atoms with Gasteiger partial charge in [0, 0.05) is 76.3 Å². The van der Waals surface area contributed by atoms with Gasteiger partial charge in [0.2, 0.25) is 29.5 Å². The molecule has 12 N–H and O–H groups in total. The van der Waals surface area contributed by atoms with E-state index in [1.807, 2.05) is 13.8 Å². The van der Waals surface area contributed by atoms with Crippen LogP contribution in [0, 0.1) is 23.7 Å². The summed E-state index contributed by atoms with van der Waals surface area (Å²) in [6.07, 6.45) is 1.45. The van der Waals surface area contributed by atoms with E-state index in [9.17, 15) is 63.0 Å². The van der Waals surface area contributed by atoms with Crippen LogP contribution in [0.15, 0.2) is 0 Å². The van der Waals surface area contributed by atoms with Gasteiger partial charge >= 0.3 is 5.97 Å². The average Bonchev–Trinajstić information content (AvgIpc) is 3.96. The Hall–Kier alpha value is -4.99. The molecule has 0 aromatic rings. The summed E-state index contributed by atoms with van der Waals surface area (Å²) in [5.41, 5.74) is 16.5. The number of nitrogens with one attached hydrogen (secondary N) is 4. The van der Waals surface area contributed by atoms with E-state index >= 15 is 0 Å². The Morgan fingerprint density at radius 3 is 1.97 bits per heavy atom. The van der Waals surface area contributed by atoms with E-state index in [1.165, 1.54) is 11.8 Å². The van der Waals surface area contributed by atoms with Crippen LogP contribution in [0.4, 0.5) is 0 Å². The molecule has 0 bridgehead atoms. The summed E-state index contributed by atoms with van der Waals surface area (Å²) in [5.74, 6) is -8.84. The minimum atomic E-state index is -1.19. The summed E-state index contributed by atoms with van der Waals surface area (Å²) in [7, 11) is 0. The van der Waals surface area contributed by atoms with Crippen molar-refractivity contribution >= 4 is 64.4 Å². The molecule has 21 heteroatoms. The molecule has 21 nitrogen and oxygen atoms in total. The molecule has 0 spiro atoms. The van der Waals surface area contributed by atoms with Gasteiger partial charge in [-0.15, -0.1) is 0 Å². The fourth-order valence-corrected chi connectivity index (χ4v) is 8.64. The van der Waals surface area contributed by atoms with Crippen molar-refractivity contribution in [2.24, 2.45) is 40.9 Å². The second-order valence-electron chi connectivity index (χ2n) is 18.8. The van der Waals surface area contributed by atoms with Gasteiger partial charge in [0.1, 0.15) is 5.78 Å². The van der Waals surface area contributed by atoms with E-state index < -0.39 is 107 Å². The molecule has 2 heterocycles. The summed E-state index contributed by atoms with van der Waals surface area (Å²) in [4.78, 5) is 144. The molecule has 0 saturated carbocycles. The van der Waals surface area contributed by atoms with Crippen LogP contribution in [0.2, 0.25) is 0 Å². The predicted molar refractivity (Wildman–Crippen MR) is 249 cm³/mol. The van der Waals surface area contributed by atoms with E-state index in [-0.39, 0.29) is 101 Å². The molecule has 2 aliphatic rings. The maximum Gasteiger partial charge on any atom is 0.306 e. The molecular formula is C47H78N8O13. The highest BCUT2D eigenvalue weighted by atomic mass is 16.4. The van der Waals surface area contributed by atoms with Gasteiger partial charge in [-0.2, -0.15) is 0 Å². The molecule has 0 aliphatic carbocycles. The van der Waals surface area contributed by atoms with Gasteiger partial charge in [-0.25, -0.2) is 0 Å². The molecule has 0 radical (unpaired) electrons. The number of hydrogen-bond acceptors (Lipinski definition) is 15. The number of carboxylic acids is 1. The molecule has 2 aliphatic heterocycles. The van der Waals surface area contributed by atoms with E-state index in [1.54, 1.807) is 0 Å². The Kier molecular flexibility index (Phi) is 27.1. The molecular weight excluding hydrogens is 885 g/mol. The van der Waals surface area contributed by atoms with Gasteiger partial charge < -0.3 is 53.6 Å². The zero-order valence-electron chi connectivity index (χ0n) is 40.2. The fraction of sp³-hybridized carbons (Fsp3) is 0.766. The van der Waals surface area contributed by atoms with Crippen molar-refractivity contribution in [3.05, 3.63) is 0 Å². The summed E-state index contributed by atoms with van der Waals surface area (Å²) in [6.45, 7) is 6.01. The molecule has 5 amide bonds. The average molecular weight is 963 g/mol. The maximum absolute atomic E-state index is 13.6. The number of likely N-dealkylation sites (tertiary alicyclic amines) is 1. The number of aliphatic hydroxyl groups is 1. The highest BCUT2D eigenvalue weighted by Crippen LogP contribution is 2.25. The predicted octanol–water partition coefficient (Wildman–Crippen LogP) is -0.115.